The number of fused-ring (bicyclic) bond motifs is 1. The molecule has 1 saturated heterocycles. The molecule has 0 saturated carbocycles. The summed E-state index contributed by atoms with van der Waals surface area (Å²) >= 11 is 0. The number of anilines is 2. The molecule has 5 rings (SSSR count). The highest BCUT2D eigenvalue weighted by Crippen LogP contribution is 2.26. The minimum atomic E-state index is -0.287. The number of carbonyl (C=O) groups excluding carboxylic acids is 1. The van der Waals surface area contributed by atoms with Gasteiger partial charge in [-0.05, 0) is 60.9 Å². The highest BCUT2D eigenvalue weighted by Gasteiger charge is 2.19. The molecule has 31 heavy (non-hydrogen) atoms. The fraction of sp³-hybridized carbons (Fsp3) is 0.200. The van der Waals surface area contributed by atoms with Crippen molar-refractivity contribution >= 4 is 28.3 Å². The van der Waals surface area contributed by atoms with Gasteiger partial charge in [0.2, 0.25) is 0 Å². The number of nitrogens with one attached hydrogen (secondary N) is 1. The van der Waals surface area contributed by atoms with Gasteiger partial charge < -0.3 is 14.8 Å². The number of benzene rings is 2. The third-order valence-corrected chi connectivity index (χ3v) is 5.81. The molecule has 0 spiro atoms. The second-order valence-electron chi connectivity index (χ2n) is 7.95. The van der Waals surface area contributed by atoms with Crippen LogP contribution in [0.15, 0.2) is 66.9 Å². The summed E-state index contributed by atoms with van der Waals surface area (Å²) in [7, 11) is 0. The Morgan fingerprint density at radius 2 is 1.94 bits per heavy atom. The van der Waals surface area contributed by atoms with Gasteiger partial charge >= 0.3 is 0 Å². The quantitative estimate of drug-likeness (QED) is 0.500. The Bertz CT molecular complexity index is 1260. The van der Waals surface area contributed by atoms with Gasteiger partial charge in [0.1, 0.15) is 17.3 Å². The zero-order valence-corrected chi connectivity index (χ0v) is 17.3. The van der Waals surface area contributed by atoms with E-state index in [-0.39, 0.29) is 11.7 Å². The van der Waals surface area contributed by atoms with E-state index in [1.165, 1.54) is 18.6 Å². The number of pyridine rings is 1. The Morgan fingerprint density at radius 1 is 1.10 bits per heavy atom. The van der Waals surface area contributed by atoms with Crippen molar-refractivity contribution in [1.82, 2.24) is 9.55 Å². The summed E-state index contributed by atoms with van der Waals surface area (Å²) in [5.74, 6) is 0.426. The highest BCUT2D eigenvalue weighted by atomic mass is 19.1. The van der Waals surface area contributed by atoms with Gasteiger partial charge in [-0.2, -0.15) is 0 Å². The van der Waals surface area contributed by atoms with Crippen LogP contribution < -0.4 is 10.2 Å². The zero-order chi connectivity index (χ0) is 21.4. The van der Waals surface area contributed by atoms with Crippen LogP contribution in [0.1, 0.15) is 28.0 Å². The van der Waals surface area contributed by atoms with Gasteiger partial charge in [-0.1, -0.05) is 24.3 Å². The van der Waals surface area contributed by atoms with Crippen molar-refractivity contribution in [2.75, 3.05) is 23.3 Å². The van der Waals surface area contributed by atoms with E-state index < -0.39 is 0 Å². The molecule has 1 aliphatic rings. The first-order chi connectivity index (χ1) is 15.1. The SMILES string of the molecule is Cc1cccc2c1cc(C(=O)Nc1ccc(N3CCC3)nc1)n2Cc1cccc(F)c1. The maximum absolute atomic E-state index is 13.7. The molecule has 4 aromatic rings. The molecular weight excluding hydrogens is 391 g/mol. The number of aromatic nitrogens is 2. The summed E-state index contributed by atoms with van der Waals surface area (Å²) < 4.78 is 15.7. The van der Waals surface area contributed by atoms with Crippen molar-refractivity contribution in [2.24, 2.45) is 0 Å². The van der Waals surface area contributed by atoms with E-state index in [0.29, 0.717) is 17.9 Å². The maximum Gasteiger partial charge on any atom is 0.272 e. The molecule has 0 unspecified atom stereocenters. The average Bonchev–Trinajstić information content (AvgIpc) is 3.08. The molecule has 1 N–H and O–H groups in total. The largest absolute Gasteiger partial charge is 0.356 e. The second-order valence-corrected chi connectivity index (χ2v) is 7.95. The Kier molecular flexibility index (Phi) is 4.90. The van der Waals surface area contributed by atoms with Crippen molar-refractivity contribution < 1.29 is 9.18 Å². The molecule has 0 aliphatic carbocycles. The highest BCUT2D eigenvalue weighted by molar-refractivity contribution is 6.06. The molecule has 5 nitrogen and oxygen atoms in total. The lowest BCUT2D eigenvalue weighted by Crippen LogP contribution is -2.37. The summed E-state index contributed by atoms with van der Waals surface area (Å²) in [6.07, 6.45) is 2.88. The Hall–Kier alpha value is -3.67. The number of carbonyl (C=O) groups is 1. The van der Waals surface area contributed by atoms with Crippen molar-refractivity contribution in [3.63, 3.8) is 0 Å². The average molecular weight is 414 g/mol. The summed E-state index contributed by atoms with van der Waals surface area (Å²) in [6.45, 7) is 4.48. The number of aryl methyl sites for hydroxylation is 1. The van der Waals surface area contributed by atoms with Crippen LogP contribution in [0.4, 0.5) is 15.9 Å². The Labute approximate surface area is 180 Å². The molecule has 1 amide bonds. The number of hydrogen-bond acceptors (Lipinski definition) is 3. The first-order valence-electron chi connectivity index (χ1n) is 10.4. The monoisotopic (exact) mass is 414 g/mol. The van der Waals surface area contributed by atoms with Crippen LogP contribution in [-0.2, 0) is 6.54 Å². The van der Waals surface area contributed by atoms with Gasteiger partial charge in [0.15, 0.2) is 0 Å². The molecule has 1 fully saturated rings. The lowest BCUT2D eigenvalue weighted by atomic mass is 10.1. The van der Waals surface area contributed by atoms with E-state index in [1.54, 1.807) is 12.3 Å². The van der Waals surface area contributed by atoms with E-state index in [4.69, 9.17) is 0 Å². The normalized spacial score (nSPS) is 13.3. The van der Waals surface area contributed by atoms with Gasteiger partial charge in [-0.15, -0.1) is 0 Å². The summed E-state index contributed by atoms with van der Waals surface area (Å²) in [5.41, 5.74) is 4.01. The zero-order valence-electron chi connectivity index (χ0n) is 17.3. The molecule has 2 aromatic heterocycles. The number of halogens is 1. The lowest BCUT2D eigenvalue weighted by Gasteiger charge is -2.31. The summed E-state index contributed by atoms with van der Waals surface area (Å²) in [5, 5.41) is 3.97. The number of amides is 1. The van der Waals surface area contributed by atoms with E-state index in [9.17, 15) is 9.18 Å². The van der Waals surface area contributed by atoms with Crippen LogP contribution in [-0.4, -0.2) is 28.5 Å². The molecule has 0 atom stereocenters. The minimum Gasteiger partial charge on any atom is -0.356 e. The molecule has 0 bridgehead atoms. The van der Waals surface area contributed by atoms with Crippen molar-refractivity contribution in [1.29, 1.82) is 0 Å². The predicted molar refractivity (Wildman–Crippen MR) is 121 cm³/mol. The second kappa shape index (κ2) is 7.87. The molecule has 2 aromatic carbocycles. The van der Waals surface area contributed by atoms with E-state index >= 15 is 0 Å². The molecule has 6 heteroatoms. The first kappa shape index (κ1) is 19.3. The number of nitrogens with zero attached hydrogens (tertiary/aromatic N) is 3. The Balaban J connectivity index is 1.47. The summed E-state index contributed by atoms with van der Waals surface area (Å²) in [4.78, 5) is 19.9. The van der Waals surface area contributed by atoms with Crippen LogP contribution >= 0.6 is 0 Å². The number of hydrogen-bond donors (Lipinski definition) is 1. The Morgan fingerprint density at radius 3 is 2.65 bits per heavy atom. The van der Waals surface area contributed by atoms with Crippen molar-refractivity contribution in [3.8, 4) is 0 Å². The predicted octanol–water partition coefficient (Wildman–Crippen LogP) is 4.99. The third-order valence-electron chi connectivity index (χ3n) is 5.81. The van der Waals surface area contributed by atoms with E-state index in [2.05, 4.69) is 15.2 Å². The first-order valence-corrected chi connectivity index (χ1v) is 10.4. The van der Waals surface area contributed by atoms with Gasteiger partial charge in [0.05, 0.1) is 11.9 Å². The van der Waals surface area contributed by atoms with Crippen LogP contribution in [0, 0.1) is 12.7 Å². The van der Waals surface area contributed by atoms with Gasteiger partial charge in [-0.3, -0.25) is 4.79 Å². The fourth-order valence-electron chi connectivity index (χ4n) is 4.00. The number of rotatable bonds is 5. The molecular formula is C25H23FN4O. The third kappa shape index (κ3) is 3.77. The topological polar surface area (TPSA) is 50.2 Å². The van der Waals surface area contributed by atoms with Crippen LogP contribution in [0.3, 0.4) is 0 Å². The standard InChI is InChI=1S/C25H23FN4O/c1-17-5-2-8-22-21(17)14-23(30(22)16-18-6-3-7-19(26)13-18)25(31)28-20-9-10-24(27-15-20)29-11-4-12-29/h2-3,5-10,13-15H,4,11-12,16H2,1H3,(H,28,31). The van der Waals surface area contributed by atoms with Gasteiger partial charge in [0.25, 0.3) is 5.91 Å². The summed E-state index contributed by atoms with van der Waals surface area (Å²) in [6, 6.07) is 18.2. The lowest BCUT2D eigenvalue weighted by molar-refractivity contribution is 0.101. The van der Waals surface area contributed by atoms with E-state index in [0.717, 1.165) is 40.9 Å². The van der Waals surface area contributed by atoms with Crippen LogP contribution in [0.25, 0.3) is 10.9 Å². The molecule has 156 valence electrons. The fourth-order valence-corrected chi connectivity index (χ4v) is 4.00. The van der Waals surface area contributed by atoms with Crippen LogP contribution in [0.2, 0.25) is 0 Å². The minimum absolute atomic E-state index is 0.217. The molecule has 3 heterocycles. The van der Waals surface area contributed by atoms with Crippen molar-refractivity contribution in [3.05, 3.63) is 89.5 Å². The van der Waals surface area contributed by atoms with Gasteiger partial charge in [0, 0.05) is 30.5 Å². The molecule has 0 radical (unpaired) electrons. The van der Waals surface area contributed by atoms with Gasteiger partial charge in [-0.25, -0.2) is 9.37 Å². The van der Waals surface area contributed by atoms with Crippen molar-refractivity contribution in [2.45, 2.75) is 19.9 Å². The van der Waals surface area contributed by atoms with E-state index in [1.807, 2.05) is 54.0 Å². The molecule has 1 aliphatic heterocycles. The maximum atomic E-state index is 13.7. The smallest absolute Gasteiger partial charge is 0.272 e. The van der Waals surface area contributed by atoms with Crippen LogP contribution in [0.5, 0.6) is 0 Å².